The molecular weight excluding hydrogens is 469 g/mol. The maximum atomic E-state index is 14.0. The van der Waals surface area contributed by atoms with E-state index in [0.29, 0.717) is 0 Å². The molecule has 2 aromatic carbocycles. The third kappa shape index (κ3) is 6.83. The van der Waals surface area contributed by atoms with Crippen LogP contribution in [0.2, 0.25) is 0 Å². The lowest BCUT2D eigenvalue weighted by Gasteiger charge is -2.30. The van der Waals surface area contributed by atoms with E-state index in [4.69, 9.17) is 9.47 Å². The summed E-state index contributed by atoms with van der Waals surface area (Å²) in [6.45, 7) is 2.10. The summed E-state index contributed by atoms with van der Waals surface area (Å²) >= 11 is 0. The number of hydrogen-bond acceptors (Lipinski definition) is 3. The molecule has 184 valence electrons. The zero-order chi connectivity index (χ0) is 24.9. The quantitative estimate of drug-likeness (QED) is 0.305. The Kier molecular flexibility index (Phi) is 8.37. The van der Waals surface area contributed by atoms with Gasteiger partial charge in [-0.15, -0.1) is 13.2 Å². The standard InChI is InChI=1S/C24H21F7O3/c1-2-3-18(25)22(28)16-7-5-15(6-8-16)17-12-32-21(33-13-17)9-4-14-10-19(26)23(20(27)11-14)34-24(29,30)31/h2-3,5-8,10-11,17,21H,4,9,12-13H2,1H3/b3-2+,22-18+. The minimum absolute atomic E-state index is 0.0908. The summed E-state index contributed by atoms with van der Waals surface area (Å²) in [5.41, 5.74) is 1.02. The van der Waals surface area contributed by atoms with Crippen molar-refractivity contribution in [2.45, 2.75) is 38.3 Å². The van der Waals surface area contributed by atoms with Crippen molar-refractivity contribution in [3.63, 3.8) is 0 Å². The van der Waals surface area contributed by atoms with Crippen LogP contribution in [0, 0.1) is 11.6 Å². The number of alkyl halides is 3. The number of halogens is 7. The van der Waals surface area contributed by atoms with E-state index in [0.717, 1.165) is 23.8 Å². The van der Waals surface area contributed by atoms with Gasteiger partial charge in [0.05, 0.1) is 13.2 Å². The van der Waals surface area contributed by atoms with Gasteiger partial charge in [0.2, 0.25) is 5.75 Å². The Hall–Kier alpha value is -2.85. The average molecular weight is 490 g/mol. The third-order valence-corrected chi connectivity index (χ3v) is 5.07. The molecule has 0 aliphatic carbocycles. The fourth-order valence-corrected chi connectivity index (χ4v) is 3.42. The summed E-state index contributed by atoms with van der Waals surface area (Å²) in [7, 11) is 0. The van der Waals surface area contributed by atoms with Crippen LogP contribution in [0.25, 0.3) is 5.83 Å². The second-order valence-electron chi connectivity index (χ2n) is 7.55. The molecule has 10 heteroatoms. The number of aryl methyl sites for hydroxylation is 1. The third-order valence-electron chi connectivity index (χ3n) is 5.07. The first-order chi connectivity index (χ1) is 16.1. The zero-order valence-electron chi connectivity index (χ0n) is 18.0. The van der Waals surface area contributed by atoms with Crippen LogP contribution in [-0.4, -0.2) is 25.9 Å². The molecule has 3 nitrogen and oxygen atoms in total. The van der Waals surface area contributed by atoms with Gasteiger partial charge >= 0.3 is 6.36 Å². The summed E-state index contributed by atoms with van der Waals surface area (Å²) in [4.78, 5) is 0. The van der Waals surface area contributed by atoms with Crippen molar-refractivity contribution in [1.82, 2.24) is 0 Å². The van der Waals surface area contributed by atoms with Crippen molar-refractivity contribution in [2.24, 2.45) is 0 Å². The molecule has 0 spiro atoms. The largest absolute Gasteiger partial charge is 0.573 e. The van der Waals surface area contributed by atoms with E-state index in [9.17, 15) is 30.7 Å². The van der Waals surface area contributed by atoms with E-state index in [2.05, 4.69) is 4.74 Å². The van der Waals surface area contributed by atoms with Crippen molar-refractivity contribution in [3.8, 4) is 5.75 Å². The van der Waals surface area contributed by atoms with Crippen LogP contribution in [-0.2, 0) is 15.9 Å². The van der Waals surface area contributed by atoms with Crippen LogP contribution in [0.3, 0.4) is 0 Å². The molecule has 1 heterocycles. The van der Waals surface area contributed by atoms with E-state index in [-0.39, 0.29) is 43.1 Å². The molecule has 2 aromatic rings. The van der Waals surface area contributed by atoms with Crippen molar-refractivity contribution in [3.05, 3.63) is 82.7 Å². The van der Waals surface area contributed by atoms with Crippen LogP contribution >= 0.6 is 0 Å². The first kappa shape index (κ1) is 25.8. The molecule has 1 fully saturated rings. The van der Waals surface area contributed by atoms with Gasteiger partial charge in [-0.1, -0.05) is 30.3 Å². The number of ether oxygens (including phenoxy) is 3. The van der Waals surface area contributed by atoms with Gasteiger partial charge in [0.1, 0.15) is 0 Å². The maximum absolute atomic E-state index is 14.0. The highest BCUT2D eigenvalue weighted by atomic mass is 19.4. The Labute approximate surface area is 191 Å². The smallest absolute Gasteiger partial charge is 0.399 e. The zero-order valence-corrected chi connectivity index (χ0v) is 18.0. The molecule has 1 saturated heterocycles. The van der Waals surface area contributed by atoms with E-state index in [1.165, 1.54) is 18.2 Å². The van der Waals surface area contributed by atoms with E-state index in [1.807, 2.05) is 0 Å². The van der Waals surface area contributed by atoms with Gasteiger partial charge < -0.3 is 14.2 Å². The van der Waals surface area contributed by atoms with E-state index < -0.39 is 41.7 Å². The Morgan fingerprint density at radius 2 is 1.62 bits per heavy atom. The van der Waals surface area contributed by atoms with Crippen molar-refractivity contribution in [1.29, 1.82) is 0 Å². The summed E-state index contributed by atoms with van der Waals surface area (Å²) in [6.07, 6.45) is -3.17. The summed E-state index contributed by atoms with van der Waals surface area (Å²) < 4.78 is 107. The van der Waals surface area contributed by atoms with Gasteiger partial charge in [-0.3, -0.25) is 0 Å². The number of allylic oxidation sites excluding steroid dienone is 3. The lowest BCUT2D eigenvalue weighted by Crippen LogP contribution is -2.31. The lowest BCUT2D eigenvalue weighted by molar-refractivity contribution is -0.276. The molecule has 1 aliphatic heterocycles. The van der Waals surface area contributed by atoms with Crippen molar-refractivity contribution >= 4 is 5.83 Å². The summed E-state index contributed by atoms with van der Waals surface area (Å²) in [5.74, 6) is -6.52. The second-order valence-corrected chi connectivity index (χ2v) is 7.55. The molecular formula is C24H21F7O3. The molecule has 0 radical (unpaired) electrons. The van der Waals surface area contributed by atoms with Crippen LogP contribution in [0.1, 0.15) is 36.0 Å². The molecule has 0 aromatic heterocycles. The van der Waals surface area contributed by atoms with Crippen molar-refractivity contribution < 1.29 is 44.9 Å². The molecule has 3 rings (SSSR count). The van der Waals surface area contributed by atoms with E-state index in [1.54, 1.807) is 19.1 Å². The Morgan fingerprint density at radius 1 is 1.03 bits per heavy atom. The monoisotopic (exact) mass is 490 g/mol. The lowest BCUT2D eigenvalue weighted by atomic mass is 9.98. The van der Waals surface area contributed by atoms with Crippen LogP contribution in [0.15, 0.2) is 54.4 Å². The highest BCUT2D eigenvalue weighted by molar-refractivity contribution is 5.63. The van der Waals surface area contributed by atoms with Gasteiger partial charge in [0.15, 0.2) is 29.6 Å². The molecule has 0 N–H and O–H groups in total. The van der Waals surface area contributed by atoms with Gasteiger partial charge in [0.25, 0.3) is 0 Å². The number of hydrogen-bond donors (Lipinski definition) is 0. The predicted octanol–water partition coefficient (Wildman–Crippen LogP) is 7.14. The van der Waals surface area contributed by atoms with Gasteiger partial charge in [0, 0.05) is 17.9 Å². The molecule has 0 amide bonds. The Bertz CT molecular complexity index is 1010. The molecule has 34 heavy (non-hydrogen) atoms. The van der Waals surface area contributed by atoms with Gasteiger partial charge in [-0.25, -0.2) is 17.6 Å². The maximum Gasteiger partial charge on any atom is 0.573 e. The molecule has 0 atom stereocenters. The SMILES string of the molecule is C/C=C/C(F)=C(\F)c1ccc(C2COC(CCc3cc(F)c(OC(F)(F)F)c(F)c3)OC2)cc1. The minimum atomic E-state index is -5.21. The fourth-order valence-electron chi connectivity index (χ4n) is 3.42. The molecule has 1 aliphatic rings. The molecule has 0 saturated carbocycles. The Balaban J connectivity index is 1.53. The van der Waals surface area contributed by atoms with Crippen LogP contribution in [0.4, 0.5) is 30.7 Å². The number of benzene rings is 2. The minimum Gasteiger partial charge on any atom is -0.399 e. The first-order valence-corrected chi connectivity index (χ1v) is 10.3. The summed E-state index contributed by atoms with van der Waals surface area (Å²) in [5, 5.41) is 0. The average Bonchev–Trinajstić information content (AvgIpc) is 2.79. The number of rotatable bonds is 7. The van der Waals surface area contributed by atoms with Crippen molar-refractivity contribution in [2.75, 3.05) is 13.2 Å². The fraction of sp³-hybridized carbons (Fsp3) is 0.333. The molecule has 0 unspecified atom stereocenters. The Morgan fingerprint density at radius 3 is 2.15 bits per heavy atom. The van der Waals surface area contributed by atoms with Crippen LogP contribution < -0.4 is 4.74 Å². The normalized spacial score (nSPS) is 19.9. The highest BCUT2D eigenvalue weighted by Gasteiger charge is 2.34. The topological polar surface area (TPSA) is 27.7 Å². The predicted molar refractivity (Wildman–Crippen MR) is 110 cm³/mol. The van der Waals surface area contributed by atoms with E-state index >= 15 is 0 Å². The highest BCUT2D eigenvalue weighted by Crippen LogP contribution is 2.31. The van der Waals surface area contributed by atoms with Gasteiger partial charge in [-0.05, 0) is 42.7 Å². The first-order valence-electron chi connectivity index (χ1n) is 10.3. The second kappa shape index (κ2) is 11.1. The van der Waals surface area contributed by atoms with Gasteiger partial charge in [-0.2, -0.15) is 0 Å². The summed E-state index contributed by atoms with van der Waals surface area (Å²) in [6, 6.07) is 7.73. The molecule has 0 bridgehead atoms. The van der Waals surface area contributed by atoms with Crippen LogP contribution in [0.5, 0.6) is 5.75 Å².